The molecule has 21 heavy (non-hydrogen) atoms. The Morgan fingerprint density at radius 2 is 1.86 bits per heavy atom. The molecule has 2 aromatic rings. The zero-order chi connectivity index (χ0) is 15.2. The SMILES string of the molecule is COc1ccc(OC)c(C(N)COc2cccc(Cl)c2)c1. The van der Waals surface area contributed by atoms with E-state index in [1.165, 1.54) is 0 Å². The molecule has 0 fully saturated rings. The second-order valence-electron chi connectivity index (χ2n) is 4.48. The highest BCUT2D eigenvalue weighted by atomic mass is 35.5. The van der Waals surface area contributed by atoms with Crippen LogP contribution in [0, 0.1) is 0 Å². The molecule has 2 rings (SSSR count). The molecular weight excluding hydrogens is 290 g/mol. The maximum atomic E-state index is 6.19. The Morgan fingerprint density at radius 1 is 1.05 bits per heavy atom. The van der Waals surface area contributed by atoms with Crippen LogP contribution in [0.15, 0.2) is 42.5 Å². The van der Waals surface area contributed by atoms with E-state index in [2.05, 4.69) is 0 Å². The van der Waals surface area contributed by atoms with Gasteiger partial charge >= 0.3 is 0 Å². The van der Waals surface area contributed by atoms with Crippen LogP contribution in [0.2, 0.25) is 5.02 Å². The van der Waals surface area contributed by atoms with Crippen LogP contribution in [0.3, 0.4) is 0 Å². The highest BCUT2D eigenvalue weighted by Crippen LogP contribution is 2.29. The van der Waals surface area contributed by atoms with Gasteiger partial charge in [-0.2, -0.15) is 0 Å². The zero-order valence-electron chi connectivity index (χ0n) is 12.0. The average Bonchev–Trinajstić information content (AvgIpc) is 2.52. The van der Waals surface area contributed by atoms with Crippen LogP contribution in [-0.4, -0.2) is 20.8 Å². The summed E-state index contributed by atoms with van der Waals surface area (Å²) in [6.07, 6.45) is 0. The van der Waals surface area contributed by atoms with E-state index in [0.29, 0.717) is 23.1 Å². The lowest BCUT2D eigenvalue weighted by Crippen LogP contribution is -2.19. The lowest BCUT2D eigenvalue weighted by Gasteiger charge is -2.17. The summed E-state index contributed by atoms with van der Waals surface area (Å²) in [7, 11) is 3.22. The lowest BCUT2D eigenvalue weighted by atomic mass is 10.1. The van der Waals surface area contributed by atoms with Crippen molar-refractivity contribution in [1.29, 1.82) is 0 Å². The number of rotatable bonds is 6. The van der Waals surface area contributed by atoms with Crippen LogP contribution in [0.25, 0.3) is 0 Å². The molecule has 0 saturated carbocycles. The quantitative estimate of drug-likeness (QED) is 0.888. The van der Waals surface area contributed by atoms with Gasteiger partial charge in [-0.05, 0) is 36.4 Å². The van der Waals surface area contributed by atoms with Crippen LogP contribution in [0.5, 0.6) is 17.2 Å². The molecule has 0 aliphatic heterocycles. The Kier molecular flexibility index (Phi) is 5.31. The first kappa shape index (κ1) is 15.5. The van der Waals surface area contributed by atoms with Crippen molar-refractivity contribution in [2.24, 2.45) is 5.73 Å². The van der Waals surface area contributed by atoms with E-state index in [0.717, 1.165) is 11.3 Å². The van der Waals surface area contributed by atoms with Crippen molar-refractivity contribution in [3.63, 3.8) is 0 Å². The first-order chi connectivity index (χ1) is 10.1. The van der Waals surface area contributed by atoms with Gasteiger partial charge in [-0.3, -0.25) is 0 Å². The molecule has 1 atom stereocenters. The van der Waals surface area contributed by atoms with Crippen molar-refractivity contribution in [3.05, 3.63) is 53.1 Å². The van der Waals surface area contributed by atoms with Gasteiger partial charge in [0.05, 0.1) is 20.3 Å². The van der Waals surface area contributed by atoms with Gasteiger partial charge in [0.25, 0.3) is 0 Å². The molecular formula is C16H18ClNO3. The number of halogens is 1. The Morgan fingerprint density at radius 3 is 2.52 bits per heavy atom. The molecule has 0 saturated heterocycles. The lowest BCUT2D eigenvalue weighted by molar-refractivity contribution is 0.286. The standard InChI is InChI=1S/C16H18ClNO3/c1-19-12-6-7-16(20-2)14(9-12)15(18)10-21-13-5-3-4-11(17)8-13/h3-9,15H,10,18H2,1-2H3. The fraction of sp³-hybridized carbons (Fsp3) is 0.250. The molecule has 0 aliphatic rings. The van der Waals surface area contributed by atoms with E-state index in [1.54, 1.807) is 26.4 Å². The fourth-order valence-corrected chi connectivity index (χ4v) is 2.14. The third-order valence-corrected chi connectivity index (χ3v) is 3.30. The van der Waals surface area contributed by atoms with Crippen LogP contribution >= 0.6 is 11.6 Å². The van der Waals surface area contributed by atoms with Crippen LogP contribution in [0.4, 0.5) is 0 Å². The predicted molar refractivity (Wildman–Crippen MR) is 83.4 cm³/mol. The van der Waals surface area contributed by atoms with Crippen molar-refractivity contribution in [2.75, 3.05) is 20.8 Å². The minimum atomic E-state index is -0.339. The Bertz CT molecular complexity index is 604. The third-order valence-electron chi connectivity index (χ3n) is 3.06. The summed E-state index contributed by atoms with van der Waals surface area (Å²) >= 11 is 5.92. The maximum Gasteiger partial charge on any atom is 0.124 e. The Hall–Kier alpha value is -1.91. The first-order valence-corrected chi connectivity index (χ1v) is 6.87. The van der Waals surface area contributed by atoms with Crippen LogP contribution in [0.1, 0.15) is 11.6 Å². The summed E-state index contributed by atoms with van der Waals surface area (Å²) in [5.41, 5.74) is 7.02. The number of hydrogen-bond acceptors (Lipinski definition) is 4. The van der Waals surface area contributed by atoms with Gasteiger partial charge in [0.1, 0.15) is 23.9 Å². The summed E-state index contributed by atoms with van der Waals surface area (Å²) in [5, 5.41) is 0.625. The fourth-order valence-electron chi connectivity index (χ4n) is 1.96. The van der Waals surface area contributed by atoms with E-state index in [9.17, 15) is 0 Å². The normalized spacial score (nSPS) is 11.8. The molecule has 1 unspecified atom stereocenters. The minimum Gasteiger partial charge on any atom is -0.497 e. The van der Waals surface area contributed by atoms with Crippen molar-refractivity contribution >= 4 is 11.6 Å². The van der Waals surface area contributed by atoms with Gasteiger partial charge in [-0.15, -0.1) is 0 Å². The van der Waals surface area contributed by atoms with E-state index >= 15 is 0 Å². The summed E-state index contributed by atoms with van der Waals surface area (Å²) in [6, 6.07) is 12.4. The van der Waals surface area contributed by atoms with Gasteiger partial charge in [-0.25, -0.2) is 0 Å². The molecule has 0 spiro atoms. The molecule has 0 bridgehead atoms. The number of benzene rings is 2. The summed E-state index contributed by atoms with van der Waals surface area (Å²) in [5.74, 6) is 2.11. The molecule has 2 N–H and O–H groups in total. The first-order valence-electron chi connectivity index (χ1n) is 6.50. The monoisotopic (exact) mass is 307 g/mol. The molecule has 5 heteroatoms. The summed E-state index contributed by atoms with van der Waals surface area (Å²) < 4.78 is 16.2. The zero-order valence-corrected chi connectivity index (χ0v) is 12.8. The molecule has 112 valence electrons. The summed E-state index contributed by atoms with van der Waals surface area (Å²) in [4.78, 5) is 0. The maximum absolute atomic E-state index is 6.19. The number of nitrogens with two attached hydrogens (primary N) is 1. The van der Waals surface area contributed by atoms with Crippen molar-refractivity contribution in [2.45, 2.75) is 6.04 Å². The Labute approximate surface area is 129 Å². The topological polar surface area (TPSA) is 53.7 Å². The van der Waals surface area contributed by atoms with E-state index < -0.39 is 0 Å². The highest BCUT2D eigenvalue weighted by molar-refractivity contribution is 6.30. The largest absolute Gasteiger partial charge is 0.497 e. The number of ether oxygens (including phenoxy) is 3. The second kappa shape index (κ2) is 7.20. The van der Waals surface area contributed by atoms with Crippen molar-refractivity contribution in [1.82, 2.24) is 0 Å². The molecule has 0 radical (unpaired) electrons. The third kappa shape index (κ3) is 4.03. The van der Waals surface area contributed by atoms with Gasteiger partial charge in [0.15, 0.2) is 0 Å². The van der Waals surface area contributed by atoms with Crippen molar-refractivity contribution in [3.8, 4) is 17.2 Å². The smallest absolute Gasteiger partial charge is 0.124 e. The van der Waals surface area contributed by atoms with Crippen molar-refractivity contribution < 1.29 is 14.2 Å². The van der Waals surface area contributed by atoms with E-state index in [-0.39, 0.29) is 6.04 Å². The van der Waals surface area contributed by atoms with Crippen LogP contribution < -0.4 is 19.9 Å². The molecule has 0 aromatic heterocycles. The molecule has 2 aromatic carbocycles. The molecule has 0 aliphatic carbocycles. The highest BCUT2D eigenvalue weighted by Gasteiger charge is 2.14. The second-order valence-corrected chi connectivity index (χ2v) is 4.92. The average molecular weight is 308 g/mol. The summed E-state index contributed by atoms with van der Waals surface area (Å²) in [6.45, 7) is 0.309. The minimum absolute atomic E-state index is 0.309. The van der Waals surface area contributed by atoms with Gasteiger partial charge in [-0.1, -0.05) is 17.7 Å². The van der Waals surface area contributed by atoms with Gasteiger partial charge < -0.3 is 19.9 Å². The van der Waals surface area contributed by atoms with Gasteiger partial charge in [0, 0.05) is 10.6 Å². The number of methoxy groups -OCH3 is 2. The van der Waals surface area contributed by atoms with Gasteiger partial charge in [0.2, 0.25) is 0 Å². The molecule has 4 nitrogen and oxygen atoms in total. The van der Waals surface area contributed by atoms with E-state index in [4.69, 9.17) is 31.5 Å². The number of hydrogen-bond donors (Lipinski definition) is 1. The molecule has 0 amide bonds. The predicted octanol–water partition coefficient (Wildman–Crippen LogP) is 3.44. The Balaban J connectivity index is 2.10. The van der Waals surface area contributed by atoms with E-state index in [1.807, 2.05) is 30.3 Å². The van der Waals surface area contributed by atoms with Crippen LogP contribution in [-0.2, 0) is 0 Å². The molecule has 0 heterocycles.